The van der Waals surface area contributed by atoms with Gasteiger partial charge >= 0.3 is 6.18 Å². The van der Waals surface area contributed by atoms with E-state index in [4.69, 9.17) is 0 Å². The molecule has 23 heavy (non-hydrogen) atoms. The third kappa shape index (κ3) is 3.67. The number of aromatic nitrogens is 1. The molecule has 2 heterocycles. The summed E-state index contributed by atoms with van der Waals surface area (Å²) >= 11 is 0. The summed E-state index contributed by atoms with van der Waals surface area (Å²) in [6.45, 7) is 1.65. The van der Waals surface area contributed by atoms with Gasteiger partial charge in [0.1, 0.15) is 5.69 Å². The van der Waals surface area contributed by atoms with Crippen molar-refractivity contribution in [2.75, 3.05) is 26.2 Å². The van der Waals surface area contributed by atoms with Gasteiger partial charge in [0, 0.05) is 38.9 Å². The van der Waals surface area contributed by atoms with E-state index in [1.807, 2.05) is 4.90 Å². The van der Waals surface area contributed by atoms with E-state index >= 15 is 0 Å². The lowest BCUT2D eigenvalue weighted by Crippen LogP contribution is -2.49. The maximum atomic E-state index is 12.9. The van der Waals surface area contributed by atoms with Crippen molar-refractivity contribution in [2.45, 2.75) is 30.8 Å². The minimum atomic E-state index is -4.48. The summed E-state index contributed by atoms with van der Waals surface area (Å²) < 4.78 is 64.6. The van der Waals surface area contributed by atoms with Crippen molar-refractivity contribution < 1.29 is 21.6 Å². The zero-order valence-electron chi connectivity index (χ0n) is 12.5. The Balaban J connectivity index is 1.64. The highest BCUT2D eigenvalue weighted by atomic mass is 32.2. The van der Waals surface area contributed by atoms with Crippen molar-refractivity contribution in [3.63, 3.8) is 0 Å². The van der Waals surface area contributed by atoms with Gasteiger partial charge in [-0.05, 0) is 24.5 Å². The molecule has 5 nitrogen and oxygen atoms in total. The van der Waals surface area contributed by atoms with Crippen LogP contribution in [0.2, 0.25) is 0 Å². The molecule has 1 saturated carbocycles. The van der Waals surface area contributed by atoms with E-state index in [0.29, 0.717) is 39.0 Å². The molecule has 1 saturated heterocycles. The average molecular weight is 349 g/mol. The number of halogens is 3. The lowest BCUT2D eigenvalue weighted by atomic mass is 10.1. The molecule has 2 fully saturated rings. The van der Waals surface area contributed by atoms with Crippen LogP contribution in [-0.4, -0.2) is 54.0 Å². The lowest BCUT2D eigenvalue weighted by Gasteiger charge is -2.34. The fraction of sp³-hybridized carbons (Fsp3) is 0.643. The standard InChI is InChI=1S/C14H18F3N3O2S/c15-14(16,17)13-11(2-1-5-18-13)10-19-6-8-20(9-7-19)23(21,22)12-3-4-12/h1-2,5,12H,3-4,6-10H2. The molecule has 2 aliphatic rings. The minimum Gasteiger partial charge on any atom is -0.296 e. The number of piperazine rings is 1. The van der Waals surface area contributed by atoms with Gasteiger partial charge in [-0.2, -0.15) is 17.5 Å². The van der Waals surface area contributed by atoms with Crippen LogP contribution in [0.15, 0.2) is 18.3 Å². The van der Waals surface area contributed by atoms with Crippen LogP contribution in [0.5, 0.6) is 0 Å². The lowest BCUT2D eigenvalue weighted by molar-refractivity contribution is -0.142. The summed E-state index contributed by atoms with van der Waals surface area (Å²) in [5.74, 6) is 0. The Labute approximate surface area is 133 Å². The summed E-state index contributed by atoms with van der Waals surface area (Å²) in [6, 6.07) is 2.90. The van der Waals surface area contributed by atoms with Gasteiger partial charge in [-0.25, -0.2) is 8.42 Å². The molecule has 0 atom stereocenters. The Hall–Kier alpha value is -1.19. The average Bonchev–Trinajstić information content (AvgIpc) is 3.32. The van der Waals surface area contributed by atoms with Gasteiger partial charge in [0.05, 0.1) is 5.25 Å². The molecule has 1 aliphatic carbocycles. The first-order chi connectivity index (χ1) is 10.8. The van der Waals surface area contributed by atoms with E-state index in [9.17, 15) is 21.6 Å². The Morgan fingerprint density at radius 2 is 1.83 bits per heavy atom. The van der Waals surface area contributed by atoms with Crippen molar-refractivity contribution in [1.29, 1.82) is 0 Å². The molecule has 0 aromatic carbocycles. The predicted molar refractivity (Wildman–Crippen MR) is 78.0 cm³/mol. The van der Waals surface area contributed by atoms with E-state index < -0.39 is 21.9 Å². The quantitative estimate of drug-likeness (QED) is 0.830. The number of rotatable bonds is 4. The SMILES string of the molecule is O=S(=O)(C1CC1)N1CCN(Cc2cccnc2C(F)(F)F)CC1. The Morgan fingerprint density at radius 1 is 1.17 bits per heavy atom. The van der Waals surface area contributed by atoms with Gasteiger partial charge in [-0.15, -0.1) is 0 Å². The molecule has 0 amide bonds. The molecular formula is C14H18F3N3O2S. The molecule has 128 valence electrons. The van der Waals surface area contributed by atoms with Gasteiger partial charge in [0.2, 0.25) is 10.0 Å². The molecule has 1 aromatic heterocycles. The van der Waals surface area contributed by atoms with Crippen LogP contribution in [0.4, 0.5) is 13.2 Å². The number of nitrogens with zero attached hydrogens (tertiary/aromatic N) is 3. The Kier molecular flexibility index (Phi) is 4.37. The van der Waals surface area contributed by atoms with Crippen LogP contribution < -0.4 is 0 Å². The number of pyridine rings is 1. The summed E-state index contributed by atoms with van der Waals surface area (Å²) in [5, 5.41) is -0.246. The third-order valence-electron chi connectivity index (χ3n) is 4.19. The van der Waals surface area contributed by atoms with Crippen LogP contribution in [-0.2, 0) is 22.7 Å². The maximum Gasteiger partial charge on any atom is 0.433 e. The summed E-state index contributed by atoms with van der Waals surface area (Å²) in [7, 11) is -3.20. The van der Waals surface area contributed by atoms with E-state index in [0.717, 1.165) is 6.20 Å². The summed E-state index contributed by atoms with van der Waals surface area (Å²) in [6.07, 6.45) is -1.92. The van der Waals surface area contributed by atoms with Crippen molar-refractivity contribution in [2.24, 2.45) is 0 Å². The first-order valence-corrected chi connectivity index (χ1v) is 9.01. The van der Waals surface area contributed by atoms with Crippen LogP contribution in [0.25, 0.3) is 0 Å². The highest BCUT2D eigenvalue weighted by molar-refractivity contribution is 7.90. The second kappa shape index (κ2) is 6.03. The van der Waals surface area contributed by atoms with Crippen molar-refractivity contribution >= 4 is 10.0 Å². The zero-order valence-corrected chi connectivity index (χ0v) is 13.3. The molecule has 0 unspecified atom stereocenters. The number of hydrogen-bond donors (Lipinski definition) is 0. The highest BCUT2D eigenvalue weighted by Crippen LogP contribution is 2.32. The number of sulfonamides is 1. The van der Waals surface area contributed by atoms with Crippen molar-refractivity contribution in [1.82, 2.24) is 14.2 Å². The zero-order chi connectivity index (χ0) is 16.7. The first kappa shape index (κ1) is 16.7. The normalized spacial score (nSPS) is 21.5. The van der Waals surface area contributed by atoms with Crippen LogP contribution in [0.1, 0.15) is 24.1 Å². The Morgan fingerprint density at radius 3 is 2.39 bits per heavy atom. The molecule has 1 aromatic rings. The molecular weight excluding hydrogens is 331 g/mol. The van der Waals surface area contributed by atoms with Gasteiger partial charge < -0.3 is 0 Å². The fourth-order valence-electron chi connectivity index (χ4n) is 2.78. The van der Waals surface area contributed by atoms with Crippen LogP contribution in [0, 0.1) is 0 Å². The molecule has 1 aliphatic heterocycles. The van der Waals surface area contributed by atoms with E-state index in [-0.39, 0.29) is 17.4 Å². The van der Waals surface area contributed by atoms with Gasteiger partial charge in [0.15, 0.2) is 0 Å². The van der Waals surface area contributed by atoms with E-state index in [1.165, 1.54) is 16.4 Å². The highest BCUT2D eigenvalue weighted by Gasteiger charge is 2.41. The van der Waals surface area contributed by atoms with E-state index in [2.05, 4.69) is 4.98 Å². The van der Waals surface area contributed by atoms with Crippen molar-refractivity contribution in [3.05, 3.63) is 29.6 Å². The second-order valence-electron chi connectivity index (χ2n) is 5.93. The Bertz CT molecular complexity index is 666. The molecule has 3 rings (SSSR count). The molecule has 0 bridgehead atoms. The minimum absolute atomic E-state index is 0.124. The fourth-order valence-corrected chi connectivity index (χ4v) is 4.61. The van der Waals surface area contributed by atoms with E-state index in [1.54, 1.807) is 0 Å². The summed E-state index contributed by atoms with van der Waals surface area (Å²) in [4.78, 5) is 5.28. The van der Waals surface area contributed by atoms with Crippen LogP contribution >= 0.6 is 0 Å². The molecule has 0 spiro atoms. The monoisotopic (exact) mass is 349 g/mol. The maximum absolute atomic E-state index is 12.9. The predicted octanol–water partition coefficient (Wildman–Crippen LogP) is 1.71. The van der Waals surface area contributed by atoms with Crippen LogP contribution in [0.3, 0.4) is 0 Å². The van der Waals surface area contributed by atoms with Gasteiger partial charge in [-0.1, -0.05) is 6.07 Å². The van der Waals surface area contributed by atoms with Gasteiger partial charge in [0.25, 0.3) is 0 Å². The number of alkyl halides is 3. The molecule has 0 N–H and O–H groups in total. The third-order valence-corrected chi connectivity index (χ3v) is 6.59. The molecule has 9 heteroatoms. The molecule has 0 radical (unpaired) electrons. The number of hydrogen-bond acceptors (Lipinski definition) is 4. The first-order valence-electron chi connectivity index (χ1n) is 7.51. The largest absolute Gasteiger partial charge is 0.433 e. The summed E-state index contributed by atoms with van der Waals surface area (Å²) in [5.41, 5.74) is -0.744. The topological polar surface area (TPSA) is 53.5 Å². The second-order valence-corrected chi connectivity index (χ2v) is 8.14. The van der Waals surface area contributed by atoms with Crippen molar-refractivity contribution in [3.8, 4) is 0 Å². The van der Waals surface area contributed by atoms with Gasteiger partial charge in [-0.3, -0.25) is 9.88 Å². The smallest absolute Gasteiger partial charge is 0.296 e.